The van der Waals surface area contributed by atoms with Crippen molar-refractivity contribution in [1.82, 2.24) is 9.97 Å². The summed E-state index contributed by atoms with van der Waals surface area (Å²) in [6.45, 7) is 1.55. The smallest absolute Gasteiger partial charge is 0.382 e. The minimum absolute atomic E-state index is 0.157. The van der Waals surface area contributed by atoms with E-state index in [9.17, 15) is 13.2 Å². The monoisotopic (exact) mass is 205 g/mol. The van der Waals surface area contributed by atoms with Crippen LogP contribution in [0.15, 0.2) is 12.4 Å². The van der Waals surface area contributed by atoms with Crippen LogP contribution in [0.5, 0.6) is 0 Å². The van der Waals surface area contributed by atoms with Gasteiger partial charge in [-0.15, -0.1) is 0 Å². The van der Waals surface area contributed by atoms with Crippen molar-refractivity contribution < 1.29 is 13.2 Å². The Kier molecular flexibility index (Phi) is 3.27. The quantitative estimate of drug-likeness (QED) is 0.821. The van der Waals surface area contributed by atoms with Gasteiger partial charge in [-0.3, -0.25) is 0 Å². The Morgan fingerprint density at radius 1 is 1.29 bits per heavy atom. The molecule has 0 atom stereocenters. The lowest BCUT2D eigenvalue weighted by atomic mass is 10.4. The first-order chi connectivity index (χ1) is 6.47. The van der Waals surface area contributed by atoms with Crippen LogP contribution in [0.3, 0.4) is 0 Å². The second kappa shape index (κ2) is 4.26. The summed E-state index contributed by atoms with van der Waals surface area (Å²) in [5.74, 6) is 0.589. The molecule has 0 aliphatic heterocycles. The molecule has 0 aromatic carbocycles. The molecule has 14 heavy (non-hydrogen) atoms. The Balaban J connectivity index is 2.35. The van der Waals surface area contributed by atoms with Crippen LogP contribution in [-0.4, -0.2) is 22.7 Å². The molecule has 1 rings (SSSR count). The molecule has 1 aromatic rings. The van der Waals surface area contributed by atoms with Crippen molar-refractivity contribution in [3.63, 3.8) is 0 Å². The number of halogens is 3. The maximum absolute atomic E-state index is 11.8. The Hall–Kier alpha value is -1.33. The number of nitrogens with zero attached hydrogens (tertiary/aromatic N) is 2. The molecule has 3 nitrogen and oxygen atoms in total. The summed E-state index contributed by atoms with van der Waals surface area (Å²) >= 11 is 0. The predicted octanol–water partition coefficient (Wildman–Crippen LogP) is 2.15. The fourth-order valence-electron chi connectivity index (χ4n) is 0.832. The molecule has 0 amide bonds. The molecule has 0 aliphatic carbocycles. The van der Waals surface area contributed by atoms with Crippen LogP contribution in [0.25, 0.3) is 0 Å². The number of hydrogen-bond donors (Lipinski definition) is 1. The highest BCUT2D eigenvalue weighted by Gasteiger charge is 2.25. The van der Waals surface area contributed by atoms with E-state index in [2.05, 4.69) is 15.3 Å². The topological polar surface area (TPSA) is 37.8 Å². The molecule has 1 heterocycles. The normalized spacial score (nSPS) is 11.4. The Bertz CT molecular complexity index is 281. The lowest BCUT2D eigenvalue weighted by Gasteiger charge is -2.07. The van der Waals surface area contributed by atoms with Crippen LogP contribution in [0.4, 0.5) is 18.9 Å². The molecule has 6 heteroatoms. The fourth-order valence-corrected chi connectivity index (χ4v) is 0.832. The average Bonchev–Trinajstić information content (AvgIpc) is 2.06. The van der Waals surface area contributed by atoms with Crippen molar-refractivity contribution in [2.75, 3.05) is 11.9 Å². The van der Waals surface area contributed by atoms with Gasteiger partial charge < -0.3 is 5.32 Å². The van der Waals surface area contributed by atoms with Gasteiger partial charge in [0.1, 0.15) is 5.82 Å². The first-order valence-electron chi connectivity index (χ1n) is 4.07. The van der Waals surface area contributed by atoms with Crippen molar-refractivity contribution in [2.45, 2.75) is 19.5 Å². The largest absolute Gasteiger partial charge is 0.390 e. The van der Waals surface area contributed by atoms with E-state index in [4.69, 9.17) is 0 Å². The van der Waals surface area contributed by atoms with Gasteiger partial charge in [0.25, 0.3) is 0 Å². The number of aromatic nitrogens is 2. The summed E-state index contributed by atoms with van der Waals surface area (Å²) in [5, 5.41) is 2.58. The summed E-state index contributed by atoms with van der Waals surface area (Å²) in [6.07, 6.45) is -2.07. The van der Waals surface area contributed by atoms with Crippen molar-refractivity contribution in [2.24, 2.45) is 0 Å². The number of rotatable bonds is 3. The third-order valence-electron chi connectivity index (χ3n) is 1.52. The molecule has 0 radical (unpaired) electrons. The maximum atomic E-state index is 11.8. The van der Waals surface area contributed by atoms with Gasteiger partial charge >= 0.3 is 6.18 Å². The molecule has 0 fully saturated rings. The Labute approximate surface area is 79.4 Å². The first-order valence-corrected chi connectivity index (χ1v) is 4.07. The molecule has 1 N–H and O–H groups in total. The van der Waals surface area contributed by atoms with Crippen LogP contribution in [0.2, 0.25) is 0 Å². The third-order valence-corrected chi connectivity index (χ3v) is 1.52. The van der Waals surface area contributed by atoms with Gasteiger partial charge in [-0.1, -0.05) is 0 Å². The van der Waals surface area contributed by atoms with Crippen LogP contribution >= 0.6 is 0 Å². The molecule has 0 aliphatic rings. The zero-order valence-corrected chi connectivity index (χ0v) is 7.60. The SMILES string of the molecule is Cc1ncc(NCCC(F)(F)F)cn1. The van der Waals surface area contributed by atoms with E-state index < -0.39 is 12.6 Å². The van der Waals surface area contributed by atoms with Gasteiger partial charge in [-0.25, -0.2) is 9.97 Å². The zero-order chi connectivity index (χ0) is 10.6. The molecule has 78 valence electrons. The number of hydrogen-bond acceptors (Lipinski definition) is 3. The van der Waals surface area contributed by atoms with Crippen LogP contribution in [-0.2, 0) is 0 Å². The van der Waals surface area contributed by atoms with Crippen molar-refractivity contribution >= 4 is 5.69 Å². The van der Waals surface area contributed by atoms with E-state index >= 15 is 0 Å². The van der Waals surface area contributed by atoms with E-state index in [1.54, 1.807) is 6.92 Å². The molecule has 0 unspecified atom stereocenters. The van der Waals surface area contributed by atoms with Gasteiger partial charge in [-0.2, -0.15) is 13.2 Å². The highest BCUT2D eigenvalue weighted by Crippen LogP contribution is 2.19. The van der Waals surface area contributed by atoms with Gasteiger partial charge in [0.15, 0.2) is 0 Å². The van der Waals surface area contributed by atoms with Crippen LogP contribution < -0.4 is 5.32 Å². The van der Waals surface area contributed by atoms with E-state index in [-0.39, 0.29) is 6.54 Å². The molecule has 1 aromatic heterocycles. The Morgan fingerprint density at radius 3 is 2.36 bits per heavy atom. The van der Waals surface area contributed by atoms with Gasteiger partial charge in [0.2, 0.25) is 0 Å². The molecule has 0 saturated carbocycles. The fraction of sp³-hybridized carbons (Fsp3) is 0.500. The lowest BCUT2D eigenvalue weighted by molar-refractivity contribution is -0.131. The van der Waals surface area contributed by atoms with E-state index in [0.29, 0.717) is 11.5 Å². The highest BCUT2D eigenvalue weighted by molar-refractivity contribution is 5.37. The number of nitrogens with one attached hydrogen (secondary N) is 1. The zero-order valence-electron chi connectivity index (χ0n) is 7.60. The van der Waals surface area contributed by atoms with E-state index in [0.717, 1.165) is 0 Å². The minimum Gasteiger partial charge on any atom is -0.382 e. The van der Waals surface area contributed by atoms with Crippen LogP contribution in [0.1, 0.15) is 12.2 Å². The van der Waals surface area contributed by atoms with E-state index in [1.165, 1.54) is 12.4 Å². The standard InChI is InChI=1S/C8H10F3N3/c1-6-13-4-7(5-14-6)12-3-2-8(9,10)11/h4-5,12H,2-3H2,1H3. The predicted molar refractivity (Wildman–Crippen MR) is 45.9 cm³/mol. The summed E-state index contributed by atoms with van der Waals surface area (Å²) in [7, 11) is 0. The lowest BCUT2D eigenvalue weighted by Crippen LogP contribution is -2.14. The maximum Gasteiger partial charge on any atom is 0.390 e. The highest BCUT2D eigenvalue weighted by atomic mass is 19.4. The number of anilines is 1. The molecule has 0 spiro atoms. The van der Waals surface area contributed by atoms with Crippen LogP contribution in [0, 0.1) is 6.92 Å². The van der Waals surface area contributed by atoms with Crippen molar-refractivity contribution in [3.8, 4) is 0 Å². The average molecular weight is 205 g/mol. The minimum atomic E-state index is -4.13. The van der Waals surface area contributed by atoms with E-state index in [1.807, 2.05) is 0 Å². The molecular weight excluding hydrogens is 195 g/mol. The summed E-state index contributed by atoms with van der Waals surface area (Å²) in [6, 6.07) is 0. The summed E-state index contributed by atoms with van der Waals surface area (Å²) in [5.41, 5.74) is 0.500. The Morgan fingerprint density at radius 2 is 1.86 bits per heavy atom. The van der Waals surface area contributed by atoms with Gasteiger partial charge in [0.05, 0.1) is 24.5 Å². The number of aryl methyl sites for hydroxylation is 1. The second-order valence-corrected chi connectivity index (χ2v) is 2.81. The van der Waals surface area contributed by atoms with Gasteiger partial charge in [0, 0.05) is 6.54 Å². The first kappa shape index (κ1) is 10.7. The van der Waals surface area contributed by atoms with Gasteiger partial charge in [-0.05, 0) is 6.92 Å². The summed E-state index contributed by atoms with van der Waals surface area (Å²) < 4.78 is 35.3. The second-order valence-electron chi connectivity index (χ2n) is 2.81. The number of alkyl halides is 3. The molecule has 0 saturated heterocycles. The summed E-state index contributed by atoms with van der Waals surface area (Å²) in [4.78, 5) is 7.68. The molecular formula is C8H10F3N3. The molecule has 0 bridgehead atoms. The van der Waals surface area contributed by atoms with Crippen molar-refractivity contribution in [1.29, 1.82) is 0 Å². The third kappa shape index (κ3) is 4.06. The van der Waals surface area contributed by atoms with Crippen molar-refractivity contribution in [3.05, 3.63) is 18.2 Å².